The fourth-order valence-electron chi connectivity index (χ4n) is 4.13. The second-order valence-corrected chi connectivity index (χ2v) is 9.93. The smallest absolute Gasteiger partial charge is 0.266 e. The second kappa shape index (κ2) is 11.0. The Morgan fingerprint density at radius 1 is 1.33 bits per heavy atom. The molecule has 1 aromatic carbocycles. The summed E-state index contributed by atoms with van der Waals surface area (Å²) in [6.45, 7) is 1.44. The third-order valence-corrected chi connectivity index (χ3v) is 7.49. The predicted molar refractivity (Wildman–Crippen MR) is 138 cm³/mol. The van der Waals surface area contributed by atoms with Gasteiger partial charge in [0.15, 0.2) is 11.5 Å². The molecule has 2 aliphatic rings. The van der Waals surface area contributed by atoms with Gasteiger partial charge in [-0.1, -0.05) is 30.0 Å². The van der Waals surface area contributed by atoms with Crippen molar-refractivity contribution >= 4 is 52.1 Å². The molecule has 4 rings (SSSR count). The van der Waals surface area contributed by atoms with Gasteiger partial charge in [-0.3, -0.25) is 14.5 Å². The minimum Gasteiger partial charge on any atom is -0.493 e. The van der Waals surface area contributed by atoms with E-state index < -0.39 is 0 Å². The lowest BCUT2D eigenvalue weighted by molar-refractivity contribution is -0.123. The predicted octanol–water partition coefficient (Wildman–Crippen LogP) is 2.71. The van der Waals surface area contributed by atoms with Crippen molar-refractivity contribution in [3.8, 4) is 17.6 Å². The molecular weight excluding hydrogens is 502 g/mol. The number of oxazole rings is 1. The summed E-state index contributed by atoms with van der Waals surface area (Å²) in [6, 6.07) is 7.65. The van der Waals surface area contributed by atoms with Gasteiger partial charge in [0, 0.05) is 31.6 Å². The number of thiocarbonyl (C=S) groups is 1. The molecule has 10 nitrogen and oxygen atoms in total. The lowest BCUT2D eigenvalue weighted by Gasteiger charge is -2.30. The third kappa shape index (κ3) is 5.32. The van der Waals surface area contributed by atoms with E-state index in [0.29, 0.717) is 65.5 Å². The van der Waals surface area contributed by atoms with Crippen LogP contribution in [-0.4, -0.2) is 59.9 Å². The van der Waals surface area contributed by atoms with Gasteiger partial charge in [0.2, 0.25) is 23.4 Å². The number of aromatic nitrogens is 1. The Bertz CT molecular complexity index is 1260. The second-order valence-electron chi connectivity index (χ2n) is 8.25. The van der Waals surface area contributed by atoms with Crippen molar-refractivity contribution in [2.45, 2.75) is 19.3 Å². The van der Waals surface area contributed by atoms with Crippen LogP contribution in [0, 0.1) is 17.2 Å². The SMILES string of the molecule is COc1ccc(CCN2C(=O)/C(=C\c3nc(C#N)c(N4CCC(C(N)=O)CC4)o3)SC2=S)cc1OC. The highest BCUT2D eigenvalue weighted by Crippen LogP contribution is 2.35. The number of nitriles is 1. The van der Waals surface area contributed by atoms with Crippen molar-refractivity contribution in [2.75, 3.05) is 38.8 Å². The van der Waals surface area contributed by atoms with Crippen LogP contribution in [0.2, 0.25) is 0 Å². The topological polar surface area (TPSA) is 135 Å². The number of carbonyl (C=O) groups is 2. The molecule has 36 heavy (non-hydrogen) atoms. The first-order valence-corrected chi connectivity index (χ1v) is 12.5. The van der Waals surface area contributed by atoms with Crippen molar-refractivity contribution in [3.05, 3.63) is 40.3 Å². The number of primary amides is 1. The van der Waals surface area contributed by atoms with Crippen LogP contribution in [0.3, 0.4) is 0 Å². The van der Waals surface area contributed by atoms with Crippen LogP contribution in [0.15, 0.2) is 27.5 Å². The molecule has 2 amide bonds. The largest absolute Gasteiger partial charge is 0.493 e. The molecule has 0 aliphatic carbocycles. The van der Waals surface area contributed by atoms with Crippen LogP contribution in [0.4, 0.5) is 5.88 Å². The summed E-state index contributed by atoms with van der Waals surface area (Å²) in [5.41, 5.74) is 6.51. The maximum absolute atomic E-state index is 13.0. The van der Waals surface area contributed by atoms with E-state index in [9.17, 15) is 14.9 Å². The summed E-state index contributed by atoms with van der Waals surface area (Å²) in [6.07, 6.45) is 3.24. The molecule has 2 saturated heterocycles. The lowest BCUT2D eigenvalue weighted by atomic mass is 9.96. The average molecular weight is 528 g/mol. The molecular formula is C24H25N5O5S2. The summed E-state index contributed by atoms with van der Waals surface area (Å²) in [7, 11) is 3.15. The molecule has 2 aliphatic heterocycles. The van der Waals surface area contributed by atoms with Crippen LogP contribution in [-0.2, 0) is 16.0 Å². The van der Waals surface area contributed by atoms with E-state index in [1.807, 2.05) is 29.2 Å². The number of carbonyl (C=O) groups excluding carboxylic acids is 2. The Balaban J connectivity index is 1.45. The molecule has 0 spiro atoms. The van der Waals surface area contributed by atoms with E-state index in [1.54, 1.807) is 14.2 Å². The van der Waals surface area contributed by atoms with Gasteiger partial charge in [-0.15, -0.1) is 0 Å². The lowest BCUT2D eigenvalue weighted by Crippen LogP contribution is -2.38. The fraction of sp³-hybridized carbons (Fsp3) is 0.375. The first-order valence-electron chi connectivity index (χ1n) is 11.3. The highest BCUT2D eigenvalue weighted by atomic mass is 32.2. The Morgan fingerprint density at radius 2 is 2.06 bits per heavy atom. The van der Waals surface area contributed by atoms with Gasteiger partial charge in [0.05, 0.1) is 19.1 Å². The number of anilines is 1. The average Bonchev–Trinajstić information content (AvgIpc) is 3.42. The Hall–Kier alpha value is -3.56. The Morgan fingerprint density at radius 3 is 2.69 bits per heavy atom. The third-order valence-electron chi connectivity index (χ3n) is 6.12. The number of nitrogens with two attached hydrogens (primary N) is 1. The molecule has 0 bridgehead atoms. The zero-order chi connectivity index (χ0) is 25.8. The van der Waals surface area contributed by atoms with Crippen molar-refractivity contribution < 1.29 is 23.5 Å². The van der Waals surface area contributed by atoms with Gasteiger partial charge in [0.1, 0.15) is 10.4 Å². The molecule has 0 saturated carbocycles. The minimum atomic E-state index is -0.318. The maximum atomic E-state index is 13.0. The van der Waals surface area contributed by atoms with Gasteiger partial charge in [-0.05, 0) is 37.0 Å². The van der Waals surface area contributed by atoms with Gasteiger partial charge in [0.25, 0.3) is 5.91 Å². The fourth-order valence-corrected chi connectivity index (χ4v) is 5.40. The number of hydrogen-bond donors (Lipinski definition) is 1. The first-order chi connectivity index (χ1) is 17.3. The highest BCUT2D eigenvalue weighted by molar-refractivity contribution is 8.26. The van der Waals surface area contributed by atoms with Crippen LogP contribution in [0.5, 0.6) is 11.5 Å². The van der Waals surface area contributed by atoms with Gasteiger partial charge < -0.3 is 24.5 Å². The molecule has 2 N–H and O–H groups in total. The van der Waals surface area contributed by atoms with Crippen LogP contribution >= 0.6 is 24.0 Å². The molecule has 12 heteroatoms. The van der Waals surface area contributed by atoms with E-state index in [4.69, 9.17) is 31.8 Å². The van der Waals surface area contributed by atoms with Crippen LogP contribution in [0.25, 0.3) is 6.08 Å². The van der Waals surface area contributed by atoms with E-state index in [-0.39, 0.29) is 29.3 Å². The van der Waals surface area contributed by atoms with Crippen LogP contribution < -0.4 is 20.1 Å². The standard InChI is InChI=1S/C24H25N5O5S2/c1-32-17-4-3-14(11-18(17)33-2)5-10-29-22(31)19(36-24(29)35)12-20-27-16(13-25)23(34-20)28-8-6-15(7-9-28)21(26)30/h3-4,11-12,15H,5-10H2,1-2H3,(H2,26,30)/b19-12+. The van der Waals surface area contributed by atoms with Crippen molar-refractivity contribution in [1.29, 1.82) is 5.26 Å². The Kier molecular flexibility index (Phi) is 7.81. The quantitative estimate of drug-likeness (QED) is 0.403. The number of amides is 2. The molecule has 0 radical (unpaired) electrons. The van der Waals surface area contributed by atoms with Crippen LogP contribution in [0.1, 0.15) is 30.0 Å². The molecule has 1 aromatic heterocycles. The molecule has 0 unspecified atom stereocenters. The van der Waals surface area contributed by atoms with Crippen molar-refractivity contribution in [2.24, 2.45) is 11.7 Å². The number of benzene rings is 1. The van der Waals surface area contributed by atoms with Gasteiger partial charge in [-0.25, -0.2) is 0 Å². The van der Waals surface area contributed by atoms with E-state index in [0.717, 1.165) is 17.3 Å². The first kappa shape index (κ1) is 25.5. The zero-order valence-electron chi connectivity index (χ0n) is 19.9. The van der Waals surface area contributed by atoms with E-state index >= 15 is 0 Å². The summed E-state index contributed by atoms with van der Waals surface area (Å²) in [5, 5.41) is 9.54. The number of hydrogen-bond acceptors (Lipinski definition) is 10. The number of rotatable bonds is 8. The number of piperidine rings is 1. The summed E-state index contributed by atoms with van der Waals surface area (Å²) >= 11 is 6.60. The van der Waals surface area contributed by atoms with Crippen molar-refractivity contribution in [1.82, 2.24) is 9.88 Å². The molecule has 0 atom stereocenters. The van der Waals surface area contributed by atoms with Crippen molar-refractivity contribution in [3.63, 3.8) is 0 Å². The zero-order valence-corrected chi connectivity index (χ0v) is 21.5. The number of methoxy groups -OCH3 is 2. The summed E-state index contributed by atoms with van der Waals surface area (Å²) in [4.78, 5) is 32.5. The summed E-state index contributed by atoms with van der Waals surface area (Å²) in [5.74, 6) is 0.984. The molecule has 3 heterocycles. The summed E-state index contributed by atoms with van der Waals surface area (Å²) < 4.78 is 16.9. The Labute approximate surface area is 218 Å². The minimum absolute atomic E-state index is 0.128. The normalized spacial score (nSPS) is 17.5. The molecule has 2 aromatic rings. The molecule has 188 valence electrons. The molecule has 2 fully saturated rings. The number of nitrogens with zero attached hydrogens (tertiary/aromatic N) is 4. The monoisotopic (exact) mass is 527 g/mol. The highest BCUT2D eigenvalue weighted by Gasteiger charge is 2.33. The van der Waals surface area contributed by atoms with Gasteiger partial charge in [-0.2, -0.15) is 10.2 Å². The van der Waals surface area contributed by atoms with E-state index in [1.165, 1.54) is 11.0 Å². The maximum Gasteiger partial charge on any atom is 0.266 e. The number of thioether (sulfide) groups is 1. The number of ether oxygens (including phenoxy) is 2. The van der Waals surface area contributed by atoms with E-state index in [2.05, 4.69) is 4.98 Å². The van der Waals surface area contributed by atoms with Gasteiger partial charge >= 0.3 is 0 Å².